The molecule has 0 aliphatic heterocycles. The van der Waals surface area contributed by atoms with Gasteiger partial charge in [0.2, 0.25) is 0 Å². The van der Waals surface area contributed by atoms with Crippen LogP contribution in [0.4, 0.5) is 8.78 Å². The third-order valence-corrected chi connectivity index (χ3v) is 2.61. The van der Waals surface area contributed by atoms with Gasteiger partial charge >= 0.3 is 0 Å². The third kappa shape index (κ3) is 3.07. The number of benzene rings is 2. The molecule has 0 radical (unpaired) electrons. The molecule has 0 fully saturated rings. The van der Waals surface area contributed by atoms with Crippen molar-refractivity contribution in [2.24, 2.45) is 0 Å². The zero-order chi connectivity index (χ0) is 13.8. The molecule has 0 aliphatic carbocycles. The van der Waals surface area contributed by atoms with E-state index in [1.54, 1.807) is 18.2 Å². The van der Waals surface area contributed by atoms with Crippen LogP contribution in [0.2, 0.25) is 0 Å². The SMILES string of the molecule is O=C(NCc1ccccc1O)c1ccc(F)cc1F. The second kappa shape index (κ2) is 5.48. The molecule has 0 heterocycles. The summed E-state index contributed by atoms with van der Waals surface area (Å²) in [5.41, 5.74) is 0.273. The van der Waals surface area contributed by atoms with E-state index in [4.69, 9.17) is 0 Å². The van der Waals surface area contributed by atoms with Crippen molar-refractivity contribution >= 4 is 5.91 Å². The fraction of sp³-hybridized carbons (Fsp3) is 0.0714. The molecule has 5 heteroatoms. The van der Waals surface area contributed by atoms with Gasteiger partial charge in [0.05, 0.1) is 5.56 Å². The van der Waals surface area contributed by atoms with Gasteiger partial charge in [0.25, 0.3) is 5.91 Å². The first-order valence-electron chi connectivity index (χ1n) is 5.58. The average Bonchev–Trinajstić information content (AvgIpc) is 2.37. The van der Waals surface area contributed by atoms with Crippen molar-refractivity contribution in [3.8, 4) is 5.75 Å². The van der Waals surface area contributed by atoms with E-state index in [9.17, 15) is 18.7 Å². The van der Waals surface area contributed by atoms with Gasteiger partial charge in [-0.25, -0.2) is 8.78 Å². The minimum absolute atomic E-state index is 0.0439. The summed E-state index contributed by atoms with van der Waals surface area (Å²) in [6.07, 6.45) is 0. The van der Waals surface area contributed by atoms with Crippen molar-refractivity contribution in [3.63, 3.8) is 0 Å². The highest BCUT2D eigenvalue weighted by Gasteiger charge is 2.12. The molecule has 0 saturated carbocycles. The molecule has 0 atom stereocenters. The summed E-state index contributed by atoms with van der Waals surface area (Å²) in [6.45, 7) is 0.0579. The van der Waals surface area contributed by atoms with E-state index in [1.165, 1.54) is 6.07 Å². The Bertz CT molecular complexity index is 614. The van der Waals surface area contributed by atoms with Crippen LogP contribution < -0.4 is 5.32 Å². The van der Waals surface area contributed by atoms with Crippen LogP contribution in [0.5, 0.6) is 5.75 Å². The van der Waals surface area contributed by atoms with E-state index < -0.39 is 17.5 Å². The van der Waals surface area contributed by atoms with E-state index >= 15 is 0 Å². The van der Waals surface area contributed by atoms with Crippen molar-refractivity contribution in [2.45, 2.75) is 6.54 Å². The number of hydrogen-bond donors (Lipinski definition) is 2. The number of aromatic hydroxyl groups is 1. The summed E-state index contributed by atoms with van der Waals surface area (Å²) in [6, 6.07) is 9.22. The quantitative estimate of drug-likeness (QED) is 0.894. The highest BCUT2D eigenvalue weighted by molar-refractivity contribution is 5.94. The Morgan fingerprint density at radius 3 is 2.58 bits per heavy atom. The molecule has 0 aliphatic rings. The van der Waals surface area contributed by atoms with Gasteiger partial charge < -0.3 is 10.4 Å². The number of rotatable bonds is 3. The Morgan fingerprint density at radius 1 is 1.16 bits per heavy atom. The number of phenolic OH excluding ortho intramolecular Hbond substituents is 1. The lowest BCUT2D eigenvalue weighted by Gasteiger charge is -2.07. The highest BCUT2D eigenvalue weighted by atomic mass is 19.1. The van der Waals surface area contributed by atoms with E-state index in [-0.39, 0.29) is 17.9 Å². The number of phenols is 1. The van der Waals surface area contributed by atoms with Crippen molar-refractivity contribution in [3.05, 3.63) is 65.2 Å². The van der Waals surface area contributed by atoms with Crippen LogP contribution in [0.25, 0.3) is 0 Å². The fourth-order valence-corrected chi connectivity index (χ4v) is 1.60. The predicted molar refractivity (Wildman–Crippen MR) is 65.6 cm³/mol. The second-order valence-corrected chi connectivity index (χ2v) is 3.94. The number of hydrogen-bond acceptors (Lipinski definition) is 2. The van der Waals surface area contributed by atoms with Gasteiger partial charge in [-0.3, -0.25) is 4.79 Å². The first-order chi connectivity index (χ1) is 9.08. The number of carbonyl (C=O) groups excluding carboxylic acids is 1. The highest BCUT2D eigenvalue weighted by Crippen LogP contribution is 2.15. The summed E-state index contributed by atoms with van der Waals surface area (Å²) in [5, 5.41) is 12.0. The predicted octanol–water partition coefficient (Wildman–Crippen LogP) is 2.60. The van der Waals surface area contributed by atoms with Gasteiger partial charge in [-0.2, -0.15) is 0 Å². The molecule has 0 unspecified atom stereocenters. The second-order valence-electron chi connectivity index (χ2n) is 3.94. The molecule has 2 aromatic carbocycles. The summed E-state index contributed by atoms with van der Waals surface area (Å²) in [4.78, 5) is 11.7. The number of para-hydroxylation sites is 1. The van der Waals surface area contributed by atoms with E-state index in [0.717, 1.165) is 12.1 Å². The lowest BCUT2D eigenvalue weighted by Crippen LogP contribution is -2.23. The fourth-order valence-electron chi connectivity index (χ4n) is 1.60. The first kappa shape index (κ1) is 13.0. The number of nitrogens with one attached hydrogen (secondary N) is 1. The molecular weight excluding hydrogens is 252 g/mol. The number of carbonyl (C=O) groups is 1. The zero-order valence-electron chi connectivity index (χ0n) is 9.86. The van der Waals surface area contributed by atoms with Crippen LogP contribution in [0.3, 0.4) is 0 Å². The van der Waals surface area contributed by atoms with E-state index in [0.29, 0.717) is 11.6 Å². The van der Waals surface area contributed by atoms with Crippen molar-refractivity contribution in [1.29, 1.82) is 0 Å². The largest absolute Gasteiger partial charge is 0.508 e. The Hall–Kier alpha value is -2.43. The maximum Gasteiger partial charge on any atom is 0.254 e. The summed E-state index contributed by atoms with van der Waals surface area (Å²) in [5.74, 6) is -2.28. The molecule has 3 nitrogen and oxygen atoms in total. The van der Waals surface area contributed by atoms with Gasteiger partial charge in [-0.05, 0) is 18.2 Å². The smallest absolute Gasteiger partial charge is 0.254 e. The maximum absolute atomic E-state index is 13.4. The van der Waals surface area contributed by atoms with Crippen LogP contribution in [-0.4, -0.2) is 11.0 Å². The minimum atomic E-state index is -0.921. The number of halogens is 2. The third-order valence-electron chi connectivity index (χ3n) is 2.61. The topological polar surface area (TPSA) is 49.3 Å². The molecule has 2 rings (SSSR count). The molecule has 0 bridgehead atoms. The Morgan fingerprint density at radius 2 is 1.89 bits per heavy atom. The molecule has 0 spiro atoms. The van der Waals surface area contributed by atoms with Gasteiger partial charge in [-0.1, -0.05) is 18.2 Å². The molecular formula is C14H11F2NO2. The Balaban J connectivity index is 2.08. The van der Waals surface area contributed by atoms with Gasteiger partial charge in [0.1, 0.15) is 17.4 Å². The van der Waals surface area contributed by atoms with Crippen molar-refractivity contribution in [1.82, 2.24) is 5.32 Å². The minimum Gasteiger partial charge on any atom is -0.508 e. The summed E-state index contributed by atoms with van der Waals surface area (Å²) < 4.78 is 26.1. The van der Waals surface area contributed by atoms with Gasteiger partial charge in [0.15, 0.2) is 0 Å². The van der Waals surface area contributed by atoms with Crippen LogP contribution in [0.1, 0.15) is 15.9 Å². The van der Waals surface area contributed by atoms with E-state index in [2.05, 4.69) is 5.32 Å². The van der Waals surface area contributed by atoms with E-state index in [1.807, 2.05) is 0 Å². The van der Waals surface area contributed by atoms with Crippen molar-refractivity contribution < 1.29 is 18.7 Å². The lowest BCUT2D eigenvalue weighted by molar-refractivity contribution is 0.0946. The monoisotopic (exact) mass is 263 g/mol. The first-order valence-corrected chi connectivity index (χ1v) is 5.58. The van der Waals surface area contributed by atoms with Gasteiger partial charge in [-0.15, -0.1) is 0 Å². The molecule has 0 aromatic heterocycles. The molecule has 0 saturated heterocycles. The van der Waals surface area contributed by atoms with Crippen LogP contribution in [0, 0.1) is 11.6 Å². The molecule has 2 aromatic rings. The normalized spacial score (nSPS) is 10.2. The Labute approximate surface area is 108 Å². The molecule has 98 valence electrons. The van der Waals surface area contributed by atoms with Gasteiger partial charge in [0, 0.05) is 18.2 Å². The molecule has 2 N–H and O–H groups in total. The average molecular weight is 263 g/mol. The Kier molecular flexibility index (Phi) is 3.75. The summed E-state index contributed by atoms with van der Waals surface area (Å²) in [7, 11) is 0. The number of amides is 1. The van der Waals surface area contributed by atoms with Crippen LogP contribution in [-0.2, 0) is 6.54 Å². The van der Waals surface area contributed by atoms with Crippen LogP contribution in [0.15, 0.2) is 42.5 Å². The maximum atomic E-state index is 13.4. The van der Waals surface area contributed by atoms with Crippen LogP contribution >= 0.6 is 0 Å². The molecule has 19 heavy (non-hydrogen) atoms. The van der Waals surface area contributed by atoms with Crippen molar-refractivity contribution in [2.75, 3.05) is 0 Å². The molecule has 1 amide bonds. The summed E-state index contributed by atoms with van der Waals surface area (Å²) >= 11 is 0. The zero-order valence-corrected chi connectivity index (χ0v) is 9.86. The lowest BCUT2D eigenvalue weighted by atomic mass is 10.1. The standard InChI is InChI=1S/C14H11F2NO2/c15-10-5-6-11(12(16)7-10)14(19)17-8-9-3-1-2-4-13(9)18/h1-7,18H,8H2,(H,17,19).